The van der Waals surface area contributed by atoms with Crippen LogP contribution in [0.5, 0.6) is 0 Å². The number of hydrogen-bond acceptors (Lipinski definition) is 4. The summed E-state index contributed by atoms with van der Waals surface area (Å²) in [6, 6.07) is 8.79. The van der Waals surface area contributed by atoms with E-state index in [1.54, 1.807) is 11.3 Å². The second kappa shape index (κ2) is 6.92. The smallest absolute Gasteiger partial charge is 0.0897 e. The van der Waals surface area contributed by atoms with Crippen LogP contribution in [-0.2, 0) is 12.3 Å². The molecule has 2 nitrogen and oxygen atoms in total. The largest absolute Gasteiger partial charge is 0.313 e. The van der Waals surface area contributed by atoms with E-state index in [9.17, 15) is 0 Å². The number of benzene rings is 1. The van der Waals surface area contributed by atoms with Crippen molar-refractivity contribution >= 4 is 23.1 Å². The molecule has 1 aromatic heterocycles. The summed E-state index contributed by atoms with van der Waals surface area (Å²) < 4.78 is 0. The molecule has 0 saturated carbocycles. The predicted octanol–water partition coefficient (Wildman–Crippen LogP) is 3.85. The first kappa shape index (κ1) is 13.6. The lowest BCUT2D eigenvalue weighted by Crippen LogP contribution is -2.11. The van der Waals surface area contributed by atoms with Crippen LogP contribution < -0.4 is 5.32 Å². The monoisotopic (exact) mass is 278 g/mol. The van der Waals surface area contributed by atoms with Crippen LogP contribution in [0.25, 0.3) is 0 Å². The summed E-state index contributed by atoms with van der Waals surface area (Å²) in [5, 5.41) is 4.48. The highest BCUT2D eigenvalue weighted by Gasteiger charge is 2.00. The molecule has 0 radical (unpaired) electrons. The zero-order valence-electron chi connectivity index (χ0n) is 10.8. The van der Waals surface area contributed by atoms with E-state index in [1.165, 1.54) is 15.3 Å². The average molecular weight is 278 g/mol. The zero-order chi connectivity index (χ0) is 12.8. The quantitative estimate of drug-likeness (QED) is 0.812. The highest BCUT2D eigenvalue weighted by atomic mass is 32.2. The summed E-state index contributed by atoms with van der Waals surface area (Å²) >= 11 is 3.65. The lowest BCUT2D eigenvalue weighted by atomic mass is 10.2. The molecule has 0 amide bonds. The van der Waals surface area contributed by atoms with Gasteiger partial charge >= 0.3 is 0 Å². The maximum absolute atomic E-state index is 4.27. The van der Waals surface area contributed by atoms with Crippen molar-refractivity contribution < 1.29 is 0 Å². The standard InChI is InChI=1S/C14H18N2S2/c1-3-15-8-12-4-6-13(7-5-12)17-10-14-9-16-11(2)18-14/h4-7,9,15H,3,8,10H2,1-2H3. The molecule has 0 aliphatic heterocycles. The maximum atomic E-state index is 4.27. The number of rotatable bonds is 6. The van der Waals surface area contributed by atoms with Gasteiger partial charge in [-0.25, -0.2) is 4.98 Å². The molecule has 2 aromatic rings. The van der Waals surface area contributed by atoms with Crippen LogP contribution in [0.4, 0.5) is 0 Å². The Hall–Kier alpha value is -0.840. The van der Waals surface area contributed by atoms with Gasteiger partial charge in [0.2, 0.25) is 0 Å². The van der Waals surface area contributed by atoms with Gasteiger partial charge in [-0.15, -0.1) is 23.1 Å². The predicted molar refractivity (Wildman–Crippen MR) is 80.2 cm³/mol. The Morgan fingerprint density at radius 3 is 2.67 bits per heavy atom. The van der Waals surface area contributed by atoms with Gasteiger partial charge in [0.1, 0.15) is 0 Å². The molecule has 0 unspecified atom stereocenters. The Morgan fingerprint density at radius 1 is 1.28 bits per heavy atom. The van der Waals surface area contributed by atoms with Crippen LogP contribution >= 0.6 is 23.1 Å². The second-order valence-electron chi connectivity index (χ2n) is 4.06. The molecule has 2 rings (SSSR count). The van der Waals surface area contributed by atoms with Crippen molar-refractivity contribution in [2.45, 2.75) is 31.0 Å². The molecule has 1 aromatic carbocycles. The molecular weight excluding hydrogens is 260 g/mol. The zero-order valence-corrected chi connectivity index (χ0v) is 12.4. The summed E-state index contributed by atoms with van der Waals surface area (Å²) in [6.07, 6.45) is 1.98. The summed E-state index contributed by atoms with van der Waals surface area (Å²) in [6.45, 7) is 6.15. The fourth-order valence-electron chi connectivity index (χ4n) is 1.60. The Balaban J connectivity index is 1.86. The Labute approximate surface area is 117 Å². The van der Waals surface area contributed by atoms with Crippen molar-refractivity contribution in [3.8, 4) is 0 Å². The first-order valence-corrected chi connectivity index (χ1v) is 7.92. The average Bonchev–Trinajstić information content (AvgIpc) is 2.81. The first-order chi connectivity index (χ1) is 8.78. The lowest BCUT2D eigenvalue weighted by Gasteiger charge is -2.04. The third-order valence-electron chi connectivity index (χ3n) is 2.55. The van der Waals surface area contributed by atoms with Crippen LogP contribution in [0.1, 0.15) is 22.4 Å². The van der Waals surface area contributed by atoms with Crippen molar-refractivity contribution in [2.75, 3.05) is 6.54 Å². The molecule has 0 aliphatic rings. The van der Waals surface area contributed by atoms with E-state index in [2.05, 4.69) is 41.5 Å². The molecule has 0 saturated heterocycles. The van der Waals surface area contributed by atoms with Crippen LogP contribution in [0, 0.1) is 6.92 Å². The van der Waals surface area contributed by atoms with Gasteiger partial charge < -0.3 is 5.32 Å². The number of nitrogens with one attached hydrogen (secondary N) is 1. The van der Waals surface area contributed by atoms with Crippen molar-refractivity contribution in [2.24, 2.45) is 0 Å². The molecule has 18 heavy (non-hydrogen) atoms. The number of aryl methyl sites for hydroxylation is 1. The maximum Gasteiger partial charge on any atom is 0.0897 e. The number of thiazole rings is 1. The minimum atomic E-state index is 0.954. The first-order valence-electron chi connectivity index (χ1n) is 6.11. The molecule has 4 heteroatoms. The van der Waals surface area contributed by atoms with E-state index < -0.39 is 0 Å². The van der Waals surface area contributed by atoms with Gasteiger partial charge in [-0.3, -0.25) is 0 Å². The van der Waals surface area contributed by atoms with Crippen molar-refractivity contribution in [3.05, 3.63) is 45.9 Å². The van der Waals surface area contributed by atoms with E-state index in [1.807, 2.05) is 24.9 Å². The van der Waals surface area contributed by atoms with Gasteiger partial charge in [0, 0.05) is 28.3 Å². The number of hydrogen-bond donors (Lipinski definition) is 1. The van der Waals surface area contributed by atoms with Crippen molar-refractivity contribution in [3.63, 3.8) is 0 Å². The van der Waals surface area contributed by atoms with Crippen LogP contribution in [0.15, 0.2) is 35.4 Å². The van der Waals surface area contributed by atoms with Crippen molar-refractivity contribution in [1.29, 1.82) is 0 Å². The van der Waals surface area contributed by atoms with E-state index in [4.69, 9.17) is 0 Å². The summed E-state index contributed by atoms with van der Waals surface area (Å²) in [5.74, 6) is 1.01. The lowest BCUT2D eigenvalue weighted by molar-refractivity contribution is 0.726. The third-order valence-corrected chi connectivity index (χ3v) is 4.71. The molecule has 0 aliphatic carbocycles. The molecule has 96 valence electrons. The van der Waals surface area contributed by atoms with E-state index >= 15 is 0 Å². The third kappa shape index (κ3) is 4.12. The minimum absolute atomic E-state index is 0.954. The summed E-state index contributed by atoms with van der Waals surface area (Å²) in [7, 11) is 0. The Bertz CT molecular complexity index is 477. The molecule has 0 atom stereocenters. The van der Waals surface area contributed by atoms with Gasteiger partial charge in [-0.2, -0.15) is 0 Å². The van der Waals surface area contributed by atoms with E-state index in [0.717, 1.165) is 23.8 Å². The Morgan fingerprint density at radius 2 is 2.06 bits per heavy atom. The molecule has 1 heterocycles. The summed E-state index contributed by atoms with van der Waals surface area (Å²) in [5.41, 5.74) is 1.34. The SMILES string of the molecule is CCNCc1ccc(SCc2cnc(C)s2)cc1. The van der Waals surface area contributed by atoms with E-state index in [-0.39, 0.29) is 0 Å². The van der Waals surface area contributed by atoms with Crippen molar-refractivity contribution in [1.82, 2.24) is 10.3 Å². The molecule has 0 fully saturated rings. The molecular formula is C14H18N2S2. The minimum Gasteiger partial charge on any atom is -0.313 e. The van der Waals surface area contributed by atoms with Gasteiger partial charge in [-0.1, -0.05) is 19.1 Å². The molecule has 0 bridgehead atoms. The fourth-order valence-corrected chi connectivity index (χ4v) is 3.31. The highest BCUT2D eigenvalue weighted by molar-refractivity contribution is 7.98. The topological polar surface area (TPSA) is 24.9 Å². The molecule has 0 spiro atoms. The number of aromatic nitrogens is 1. The van der Waals surface area contributed by atoms with Gasteiger partial charge in [0.15, 0.2) is 0 Å². The normalized spacial score (nSPS) is 10.8. The number of thioether (sulfide) groups is 1. The van der Waals surface area contributed by atoms with Crippen LogP contribution in [0.3, 0.4) is 0 Å². The Kier molecular flexibility index (Phi) is 5.23. The van der Waals surface area contributed by atoms with Gasteiger partial charge in [0.05, 0.1) is 5.01 Å². The number of nitrogens with zero attached hydrogens (tertiary/aromatic N) is 1. The van der Waals surface area contributed by atoms with Gasteiger partial charge in [0.25, 0.3) is 0 Å². The fraction of sp³-hybridized carbons (Fsp3) is 0.357. The van der Waals surface area contributed by atoms with Crippen LogP contribution in [-0.4, -0.2) is 11.5 Å². The second-order valence-corrected chi connectivity index (χ2v) is 6.43. The van der Waals surface area contributed by atoms with Crippen LogP contribution in [0.2, 0.25) is 0 Å². The molecule has 1 N–H and O–H groups in total. The van der Waals surface area contributed by atoms with E-state index in [0.29, 0.717) is 0 Å². The summed E-state index contributed by atoms with van der Waals surface area (Å²) in [4.78, 5) is 6.94. The highest BCUT2D eigenvalue weighted by Crippen LogP contribution is 2.25. The van der Waals surface area contributed by atoms with Gasteiger partial charge in [-0.05, 0) is 31.2 Å².